The first-order valence-electron chi connectivity index (χ1n) is 10.2. The molecule has 0 unspecified atom stereocenters. The summed E-state index contributed by atoms with van der Waals surface area (Å²) >= 11 is 0. The highest BCUT2D eigenvalue weighted by Gasteiger charge is 2.28. The molecule has 1 fully saturated rings. The summed E-state index contributed by atoms with van der Waals surface area (Å²) in [5.74, 6) is -0.946. The first-order valence-corrected chi connectivity index (χ1v) is 10.2. The highest BCUT2D eigenvalue weighted by Crippen LogP contribution is 2.31. The number of amides is 2. The van der Waals surface area contributed by atoms with Crippen LogP contribution in [0.25, 0.3) is 11.1 Å². The second kappa shape index (κ2) is 9.06. The minimum absolute atomic E-state index is 0.0602. The predicted molar refractivity (Wildman–Crippen MR) is 117 cm³/mol. The van der Waals surface area contributed by atoms with Crippen molar-refractivity contribution in [2.45, 2.75) is 18.9 Å². The molecule has 7 heteroatoms. The number of hydrogen-bond acceptors (Lipinski definition) is 4. The third kappa shape index (κ3) is 4.95. The van der Waals surface area contributed by atoms with Crippen LogP contribution in [0.15, 0.2) is 66.9 Å². The lowest BCUT2D eigenvalue weighted by atomic mass is 10.0. The maximum absolute atomic E-state index is 13.0. The highest BCUT2D eigenvalue weighted by atomic mass is 19.1. The predicted octanol–water partition coefficient (Wildman–Crippen LogP) is 3.76. The number of anilines is 1. The number of hydrogen-bond donors (Lipinski definition) is 2. The maximum atomic E-state index is 13.0. The number of rotatable bonds is 6. The molecule has 2 aromatic carbocycles. The SMILES string of the molecule is NC(=O)c1cccc(-c2ccc([C@@H]3CCCN3CC(=O)Nc3ccc(F)cc3)nc2)c1. The van der Waals surface area contributed by atoms with Crippen molar-refractivity contribution in [1.29, 1.82) is 0 Å². The van der Waals surface area contributed by atoms with Crippen molar-refractivity contribution in [3.63, 3.8) is 0 Å². The van der Waals surface area contributed by atoms with Gasteiger partial charge in [0.25, 0.3) is 0 Å². The number of nitrogens with one attached hydrogen (secondary N) is 1. The monoisotopic (exact) mass is 418 g/mol. The van der Waals surface area contributed by atoms with E-state index in [-0.39, 0.29) is 24.3 Å². The van der Waals surface area contributed by atoms with Crippen LogP contribution < -0.4 is 11.1 Å². The van der Waals surface area contributed by atoms with Gasteiger partial charge in [-0.15, -0.1) is 0 Å². The number of primary amides is 1. The van der Waals surface area contributed by atoms with Crippen LogP contribution in [0.2, 0.25) is 0 Å². The van der Waals surface area contributed by atoms with E-state index in [9.17, 15) is 14.0 Å². The van der Waals surface area contributed by atoms with Crippen molar-refractivity contribution in [2.24, 2.45) is 5.73 Å². The molecule has 0 bridgehead atoms. The van der Waals surface area contributed by atoms with Gasteiger partial charge in [0.1, 0.15) is 5.82 Å². The van der Waals surface area contributed by atoms with E-state index in [1.54, 1.807) is 36.5 Å². The summed E-state index contributed by atoms with van der Waals surface area (Å²) in [6, 6.07) is 16.9. The molecule has 1 saturated heterocycles. The Morgan fingerprint density at radius 3 is 2.61 bits per heavy atom. The summed E-state index contributed by atoms with van der Waals surface area (Å²) in [4.78, 5) is 30.6. The molecule has 0 radical (unpaired) electrons. The van der Waals surface area contributed by atoms with E-state index in [4.69, 9.17) is 5.73 Å². The topological polar surface area (TPSA) is 88.3 Å². The van der Waals surface area contributed by atoms with Gasteiger partial charge in [-0.25, -0.2) is 4.39 Å². The zero-order chi connectivity index (χ0) is 21.8. The standard InChI is InChI=1S/C24H23FN4O2/c25-19-7-9-20(10-8-19)28-23(30)15-29-12-2-5-22(29)21-11-6-18(14-27-21)16-3-1-4-17(13-16)24(26)31/h1,3-4,6-11,13-14,22H,2,5,12,15H2,(H2,26,31)(H,28,30)/t22-/m0/s1. The van der Waals surface area contributed by atoms with Crippen molar-refractivity contribution in [3.8, 4) is 11.1 Å². The Labute approximate surface area is 179 Å². The number of benzene rings is 2. The van der Waals surface area contributed by atoms with Gasteiger partial charge in [-0.1, -0.05) is 18.2 Å². The van der Waals surface area contributed by atoms with E-state index < -0.39 is 5.91 Å². The summed E-state index contributed by atoms with van der Waals surface area (Å²) < 4.78 is 13.0. The van der Waals surface area contributed by atoms with Gasteiger partial charge in [0.2, 0.25) is 11.8 Å². The molecule has 0 saturated carbocycles. The third-order valence-corrected chi connectivity index (χ3v) is 5.45. The molecule has 0 aliphatic carbocycles. The zero-order valence-electron chi connectivity index (χ0n) is 16.9. The number of likely N-dealkylation sites (tertiary alicyclic amines) is 1. The van der Waals surface area contributed by atoms with Gasteiger partial charge in [0.15, 0.2) is 0 Å². The van der Waals surface area contributed by atoms with Crippen molar-refractivity contribution in [2.75, 3.05) is 18.4 Å². The van der Waals surface area contributed by atoms with Gasteiger partial charge in [-0.05, 0) is 67.4 Å². The summed E-state index contributed by atoms with van der Waals surface area (Å²) in [7, 11) is 0. The number of nitrogens with zero attached hydrogens (tertiary/aromatic N) is 2. The lowest BCUT2D eigenvalue weighted by Gasteiger charge is -2.23. The second-order valence-electron chi connectivity index (χ2n) is 7.60. The highest BCUT2D eigenvalue weighted by molar-refractivity contribution is 5.94. The number of carbonyl (C=O) groups excluding carboxylic acids is 2. The molecule has 4 rings (SSSR count). The molecule has 2 amide bonds. The van der Waals surface area contributed by atoms with E-state index in [1.807, 2.05) is 18.2 Å². The Morgan fingerprint density at radius 1 is 1.10 bits per heavy atom. The van der Waals surface area contributed by atoms with Crippen molar-refractivity contribution in [1.82, 2.24) is 9.88 Å². The fourth-order valence-corrected chi connectivity index (χ4v) is 3.89. The molecule has 1 aliphatic rings. The van der Waals surface area contributed by atoms with Crippen LogP contribution in [0.1, 0.15) is 34.9 Å². The Kier molecular flexibility index (Phi) is 6.04. The summed E-state index contributed by atoms with van der Waals surface area (Å²) in [5.41, 5.74) is 9.07. The summed E-state index contributed by atoms with van der Waals surface area (Å²) in [6.07, 6.45) is 3.69. The van der Waals surface area contributed by atoms with Crippen molar-refractivity contribution < 1.29 is 14.0 Å². The number of aromatic nitrogens is 1. The van der Waals surface area contributed by atoms with Crippen molar-refractivity contribution in [3.05, 3.63) is 83.9 Å². The van der Waals surface area contributed by atoms with Crippen LogP contribution in [0.5, 0.6) is 0 Å². The van der Waals surface area contributed by atoms with Crippen LogP contribution in [0.4, 0.5) is 10.1 Å². The van der Waals surface area contributed by atoms with Gasteiger partial charge in [0.05, 0.1) is 18.3 Å². The first kappa shape index (κ1) is 20.7. The lowest BCUT2D eigenvalue weighted by Crippen LogP contribution is -2.33. The molecule has 1 atom stereocenters. The van der Waals surface area contributed by atoms with Gasteiger partial charge in [0, 0.05) is 23.0 Å². The largest absolute Gasteiger partial charge is 0.366 e. The zero-order valence-corrected chi connectivity index (χ0v) is 16.9. The molecule has 3 aromatic rings. The number of halogens is 1. The number of pyridine rings is 1. The minimum Gasteiger partial charge on any atom is -0.366 e. The second-order valence-corrected chi connectivity index (χ2v) is 7.60. The van der Waals surface area contributed by atoms with Crippen molar-refractivity contribution >= 4 is 17.5 Å². The van der Waals surface area contributed by atoms with E-state index in [2.05, 4.69) is 15.2 Å². The smallest absolute Gasteiger partial charge is 0.248 e. The molecule has 2 heterocycles. The number of nitrogens with two attached hydrogens (primary N) is 1. The Balaban J connectivity index is 1.43. The van der Waals surface area contributed by atoms with Crippen LogP contribution in [0.3, 0.4) is 0 Å². The number of carbonyl (C=O) groups is 2. The Morgan fingerprint density at radius 2 is 1.90 bits per heavy atom. The third-order valence-electron chi connectivity index (χ3n) is 5.45. The van der Waals surface area contributed by atoms with Crippen LogP contribution in [0, 0.1) is 5.82 Å². The molecule has 158 valence electrons. The molecule has 6 nitrogen and oxygen atoms in total. The molecule has 1 aromatic heterocycles. The maximum Gasteiger partial charge on any atom is 0.248 e. The molecule has 31 heavy (non-hydrogen) atoms. The molecular weight excluding hydrogens is 395 g/mol. The van der Waals surface area contributed by atoms with Gasteiger partial charge in [-0.2, -0.15) is 0 Å². The Bertz CT molecular complexity index is 1080. The first-order chi connectivity index (χ1) is 15.0. The van der Waals surface area contributed by atoms with Gasteiger partial charge < -0.3 is 11.1 Å². The molecule has 3 N–H and O–H groups in total. The minimum atomic E-state index is -0.466. The summed E-state index contributed by atoms with van der Waals surface area (Å²) in [6.45, 7) is 1.05. The van der Waals surface area contributed by atoms with Gasteiger partial charge >= 0.3 is 0 Å². The molecule has 0 spiro atoms. The van der Waals surface area contributed by atoms with E-state index in [1.165, 1.54) is 12.1 Å². The van der Waals surface area contributed by atoms with Crippen LogP contribution in [-0.2, 0) is 4.79 Å². The normalized spacial score (nSPS) is 16.2. The molecule has 1 aliphatic heterocycles. The fraction of sp³-hybridized carbons (Fsp3) is 0.208. The lowest BCUT2D eigenvalue weighted by molar-refractivity contribution is -0.117. The fourth-order valence-electron chi connectivity index (χ4n) is 3.89. The van der Waals surface area contributed by atoms with E-state index in [0.717, 1.165) is 36.2 Å². The molecular formula is C24H23FN4O2. The van der Waals surface area contributed by atoms with E-state index >= 15 is 0 Å². The van der Waals surface area contributed by atoms with Crippen LogP contribution in [-0.4, -0.2) is 34.8 Å². The van der Waals surface area contributed by atoms with Crippen LogP contribution >= 0.6 is 0 Å². The summed E-state index contributed by atoms with van der Waals surface area (Å²) in [5, 5.41) is 2.81. The average molecular weight is 418 g/mol. The van der Waals surface area contributed by atoms with Gasteiger partial charge in [-0.3, -0.25) is 19.5 Å². The average Bonchev–Trinajstić information content (AvgIpc) is 3.23. The quantitative estimate of drug-likeness (QED) is 0.638. The van der Waals surface area contributed by atoms with E-state index in [0.29, 0.717) is 11.3 Å². The Hall–Kier alpha value is -3.58.